The number of rotatable bonds is 3. The van der Waals surface area contributed by atoms with Crippen LogP contribution in [0, 0.1) is 13.8 Å². The maximum atomic E-state index is 13.4. The normalized spacial score (nSPS) is 14.1. The summed E-state index contributed by atoms with van der Waals surface area (Å²) in [7, 11) is 1.48. The van der Waals surface area contributed by atoms with Gasteiger partial charge in [-0.2, -0.15) is 5.10 Å². The summed E-state index contributed by atoms with van der Waals surface area (Å²) in [5, 5.41) is 4.94. The van der Waals surface area contributed by atoms with Gasteiger partial charge in [0, 0.05) is 12.6 Å². The zero-order valence-electron chi connectivity index (χ0n) is 15.7. The van der Waals surface area contributed by atoms with Gasteiger partial charge in [-0.15, -0.1) is 8.78 Å². The molecule has 1 amide bonds. The van der Waals surface area contributed by atoms with Crippen LogP contribution in [0.25, 0.3) is 5.69 Å². The maximum Gasteiger partial charge on any atom is 0.586 e. The number of alkyl halides is 2. The van der Waals surface area contributed by atoms with Crippen molar-refractivity contribution in [1.29, 1.82) is 0 Å². The van der Waals surface area contributed by atoms with Gasteiger partial charge in [-0.05, 0) is 44.2 Å². The molecule has 2 heterocycles. The van der Waals surface area contributed by atoms with Crippen molar-refractivity contribution in [1.82, 2.24) is 9.78 Å². The first-order valence-electron chi connectivity index (χ1n) is 8.67. The minimum Gasteiger partial charge on any atom is -0.395 e. The molecule has 0 atom stereocenters. The first-order valence-corrected chi connectivity index (χ1v) is 9.05. The van der Waals surface area contributed by atoms with E-state index in [0.29, 0.717) is 22.0 Å². The first kappa shape index (κ1) is 19.2. The van der Waals surface area contributed by atoms with E-state index >= 15 is 0 Å². The second-order valence-electron chi connectivity index (χ2n) is 6.58. The number of carbonyl (C=O) groups excluding carboxylic acids is 1. The van der Waals surface area contributed by atoms with Gasteiger partial charge in [0.1, 0.15) is 0 Å². The van der Waals surface area contributed by atoms with Crippen LogP contribution in [0.2, 0.25) is 5.02 Å². The van der Waals surface area contributed by atoms with Gasteiger partial charge in [0.25, 0.3) is 5.91 Å². The molecule has 1 aromatic heterocycles. The molecule has 0 fully saturated rings. The fraction of sp³-hybridized carbons (Fsp3) is 0.200. The lowest BCUT2D eigenvalue weighted by Crippen LogP contribution is -2.28. The molecule has 3 aromatic rings. The molecule has 0 saturated heterocycles. The van der Waals surface area contributed by atoms with E-state index in [1.165, 1.54) is 30.1 Å². The van der Waals surface area contributed by atoms with Crippen molar-refractivity contribution in [2.24, 2.45) is 0 Å². The number of aryl methyl sites for hydroxylation is 1. The number of halogens is 3. The van der Waals surface area contributed by atoms with E-state index in [9.17, 15) is 13.6 Å². The van der Waals surface area contributed by atoms with Crippen LogP contribution >= 0.6 is 11.6 Å². The van der Waals surface area contributed by atoms with Gasteiger partial charge >= 0.3 is 6.29 Å². The molecular formula is C20H16ClF2N3O3. The average molecular weight is 420 g/mol. The smallest absolute Gasteiger partial charge is 0.395 e. The van der Waals surface area contributed by atoms with Crippen LogP contribution in [0.4, 0.5) is 14.5 Å². The van der Waals surface area contributed by atoms with Gasteiger partial charge in [-0.1, -0.05) is 23.7 Å². The molecule has 9 heteroatoms. The summed E-state index contributed by atoms with van der Waals surface area (Å²) < 4.78 is 37.6. The molecule has 1 aliphatic heterocycles. The highest BCUT2D eigenvalue weighted by atomic mass is 35.5. The van der Waals surface area contributed by atoms with Crippen LogP contribution in [-0.2, 0) is 0 Å². The Morgan fingerprint density at radius 2 is 1.90 bits per heavy atom. The Morgan fingerprint density at radius 1 is 1.17 bits per heavy atom. The van der Waals surface area contributed by atoms with Crippen molar-refractivity contribution in [3.8, 4) is 17.2 Å². The lowest BCUT2D eigenvalue weighted by atomic mass is 10.1. The second kappa shape index (κ2) is 6.73. The van der Waals surface area contributed by atoms with Crippen molar-refractivity contribution < 1.29 is 23.0 Å². The number of hydrogen-bond acceptors (Lipinski definition) is 4. The Bertz CT molecular complexity index is 1130. The molecular weight excluding hydrogens is 404 g/mol. The van der Waals surface area contributed by atoms with Crippen LogP contribution < -0.4 is 14.4 Å². The first-order chi connectivity index (χ1) is 13.7. The molecule has 0 bridgehead atoms. The third-order valence-electron chi connectivity index (χ3n) is 4.61. The number of carbonyl (C=O) groups is 1. The number of fused-ring (bicyclic) bond motifs is 1. The van der Waals surface area contributed by atoms with Crippen LogP contribution in [-0.4, -0.2) is 29.0 Å². The molecule has 0 saturated carbocycles. The number of anilines is 1. The number of nitrogens with zero attached hydrogens (tertiary/aromatic N) is 3. The zero-order chi connectivity index (χ0) is 20.9. The monoisotopic (exact) mass is 419 g/mol. The average Bonchev–Trinajstić information content (AvgIpc) is 3.15. The summed E-state index contributed by atoms with van der Waals surface area (Å²) in [6.45, 7) is 3.62. The fourth-order valence-electron chi connectivity index (χ4n) is 3.17. The Kier molecular flexibility index (Phi) is 4.46. The number of amides is 1. The van der Waals surface area contributed by atoms with E-state index in [0.717, 1.165) is 5.69 Å². The predicted molar refractivity (Wildman–Crippen MR) is 103 cm³/mol. The van der Waals surface area contributed by atoms with Gasteiger partial charge < -0.3 is 14.4 Å². The van der Waals surface area contributed by atoms with Gasteiger partial charge in [0.2, 0.25) is 0 Å². The summed E-state index contributed by atoms with van der Waals surface area (Å²) >= 11 is 6.21. The SMILES string of the molecule is Cc1nn(-c2cccc(C(=O)N(C)c3cccc4c3OC(F)(F)O4)c2)c(C)c1Cl. The molecule has 0 spiro atoms. The van der Waals surface area contributed by atoms with Crippen molar-refractivity contribution in [3.63, 3.8) is 0 Å². The topological polar surface area (TPSA) is 56.6 Å². The standard InChI is InChI=1S/C20H16ClF2N3O3/c1-11-17(21)12(2)26(24-11)14-7-4-6-13(10-14)19(27)25(3)15-8-5-9-16-18(15)29-20(22,23)28-16/h4-10H,1-3H3. The van der Waals surface area contributed by atoms with Crippen molar-refractivity contribution in [3.05, 3.63) is 64.4 Å². The predicted octanol–water partition coefficient (Wildman–Crippen LogP) is 4.74. The molecule has 0 unspecified atom stereocenters. The number of hydrogen-bond donors (Lipinski definition) is 0. The summed E-state index contributed by atoms with van der Waals surface area (Å²) in [6.07, 6.45) is -3.77. The fourth-order valence-corrected chi connectivity index (χ4v) is 3.29. The Hall–Kier alpha value is -3.13. The van der Waals surface area contributed by atoms with E-state index < -0.39 is 12.2 Å². The largest absolute Gasteiger partial charge is 0.586 e. The Labute approximate surface area is 170 Å². The summed E-state index contributed by atoms with van der Waals surface area (Å²) in [4.78, 5) is 14.3. The third-order valence-corrected chi connectivity index (χ3v) is 5.16. The number of ether oxygens (including phenoxy) is 2. The van der Waals surface area contributed by atoms with Crippen molar-refractivity contribution in [2.45, 2.75) is 20.1 Å². The highest BCUT2D eigenvalue weighted by Crippen LogP contribution is 2.47. The van der Waals surface area contributed by atoms with Crippen LogP contribution in [0.5, 0.6) is 11.5 Å². The van der Waals surface area contributed by atoms with E-state index in [2.05, 4.69) is 14.6 Å². The van der Waals surface area contributed by atoms with E-state index in [1.54, 1.807) is 35.9 Å². The van der Waals surface area contributed by atoms with Gasteiger partial charge in [0.15, 0.2) is 11.5 Å². The molecule has 29 heavy (non-hydrogen) atoms. The minimum absolute atomic E-state index is 0.127. The maximum absolute atomic E-state index is 13.4. The minimum atomic E-state index is -3.77. The van der Waals surface area contributed by atoms with Crippen LogP contribution in [0.3, 0.4) is 0 Å². The second-order valence-corrected chi connectivity index (χ2v) is 6.96. The summed E-state index contributed by atoms with van der Waals surface area (Å²) in [5.74, 6) is -0.722. The number of aromatic nitrogens is 2. The number of para-hydroxylation sites is 1. The molecule has 0 N–H and O–H groups in total. The Morgan fingerprint density at radius 3 is 2.59 bits per heavy atom. The van der Waals surface area contributed by atoms with E-state index in [4.69, 9.17) is 11.6 Å². The zero-order valence-corrected chi connectivity index (χ0v) is 16.5. The molecule has 2 aromatic carbocycles. The van der Waals surface area contributed by atoms with Gasteiger partial charge in [-0.3, -0.25) is 4.79 Å². The van der Waals surface area contributed by atoms with Crippen molar-refractivity contribution in [2.75, 3.05) is 11.9 Å². The summed E-state index contributed by atoms with van der Waals surface area (Å²) in [6, 6.07) is 11.2. The Balaban J connectivity index is 1.68. The highest BCUT2D eigenvalue weighted by molar-refractivity contribution is 6.31. The molecule has 6 nitrogen and oxygen atoms in total. The third kappa shape index (κ3) is 3.29. The molecule has 0 aliphatic carbocycles. The molecule has 4 rings (SSSR count). The van der Waals surface area contributed by atoms with Gasteiger partial charge in [0.05, 0.1) is 27.8 Å². The molecule has 1 aliphatic rings. The lowest BCUT2D eigenvalue weighted by Gasteiger charge is -2.19. The lowest BCUT2D eigenvalue weighted by molar-refractivity contribution is -0.286. The highest BCUT2D eigenvalue weighted by Gasteiger charge is 2.45. The van der Waals surface area contributed by atoms with Crippen molar-refractivity contribution >= 4 is 23.2 Å². The molecule has 0 radical (unpaired) electrons. The molecule has 150 valence electrons. The van der Waals surface area contributed by atoms with E-state index in [-0.39, 0.29) is 17.2 Å². The quantitative estimate of drug-likeness (QED) is 0.615. The van der Waals surface area contributed by atoms with Crippen LogP contribution in [0.15, 0.2) is 42.5 Å². The van der Waals surface area contributed by atoms with Crippen LogP contribution in [0.1, 0.15) is 21.7 Å². The summed E-state index contributed by atoms with van der Waals surface area (Å²) in [5.41, 5.74) is 2.59. The number of benzene rings is 2. The van der Waals surface area contributed by atoms with Gasteiger partial charge in [-0.25, -0.2) is 4.68 Å². The van der Waals surface area contributed by atoms with E-state index in [1.807, 2.05) is 6.92 Å².